The molecule has 0 aromatic carbocycles. The van der Waals surface area contributed by atoms with Gasteiger partial charge in [-0.3, -0.25) is 0 Å². The summed E-state index contributed by atoms with van der Waals surface area (Å²) in [6.07, 6.45) is 5.64. The summed E-state index contributed by atoms with van der Waals surface area (Å²) in [6.45, 7) is 0.817. The second-order valence-corrected chi connectivity index (χ2v) is 4.29. The van der Waals surface area contributed by atoms with Gasteiger partial charge in [-0.05, 0) is 12.8 Å². The minimum Gasteiger partial charge on any atom is -0.351 e. The summed E-state index contributed by atoms with van der Waals surface area (Å²) in [5, 5.41) is 0. The van der Waals surface area contributed by atoms with Crippen LogP contribution in [0, 0.1) is 0 Å². The van der Waals surface area contributed by atoms with Crippen LogP contribution in [0.1, 0.15) is 12.8 Å². The first-order valence-electron chi connectivity index (χ1n) is 5.37. The molecule has 0 atom stereocenters. The van der Waals surface area contributed by atoms with Crippen molar-refractivity contribution in [2.75, 3.05) is 17.3 Å². The molecule has 16 heavy (non-hydrogen) atoms. The Morgan fingerprint density at radius 2 is 2.25 bits per heavy atom. The first kappa shape index (κ1) is 9.84. The van der Waals surface area contributed by atoms with Gasteiger partial charge in [-0.1, -0.05) is 0 Å². The van der Waals surface area contributed by atoms with E-state index in [1.807, 2.05) is 0 Å². The number of anilines is 1. The zero-order valence-electron chi connectivity index (χ0n) is 8.73. The molecule has 0 bridgehead atoms. The zero-order valence-corrected chi connectivity index (χ0v) is 9.48. The highest BCUT2D eigenvalue weighted by Crippen LogP contribution is 2.32. The highest BCUT2D eigenvalue weighted by Gasteiger charge is 2.30. The molecule has 0 unspecified atom stereocenters. The lowest BCUT2D eigenvalue weighted by atomic mass is 10.4. The normalized spacial score (nSPS) is 15.6. The fraction of sp³-hybridized carbons (Fsp3) is 0.500. The SMILES string of the molecule is ClCCN(c1ncnc2nc[nH]c12)C1CC1. The van der Waals surface area contributed by atoms with E-state index in [9.17, 15) is 0 Å². The molecular formula is C10H12ClN5. The van der Waals surface area contributed by atoms with E-state index >= 15 is 0 Å². The number of hydrogen-bond donors (Lipinski definition) is 1. The molecule has 3 rings (SSSR count). The first-order valence-corrected chi connectivity index (χ1v) is 5.90. The lowest BCUT2D eigenvalue weighted by Gasteiger charge is -2.22. The standard InChI is InChI=1S/C10H12ClN5/c11-3-4-16(7-1-2-7)10-8-9(13-5-12-8)14-6-15-10/h5-7H,1-4H2,(H,12,13,14,15). The molecule has 5 nitrogen and oxygen atoms in total. The van der Waals surface area contributed by atoms with Crippen molar-refractivity contribution in [3.8, 4) is 0 Å². The van der Waals surface area contributed by atoms with Gasteiger partial charge in [0.1, 0.15) is 11.8 Å². The molecule has 0 saturated heterocycles. The lowest BCUT2D eigenvalue weighted by Crippen LogP contribution is -2.29. The highest BCUT2D eigenvalue weighted by atomic mass is 35.5. The fourth-order valence-electron chi connectivity index (χ4n) is 1.91. The first-order chi connectivity index (χ1) is 7.90. The molecule has 6 heteroatoms. The Bertz CT molecular complexity index is 493. The number of alkyl halides is 1. The maximum atomic E-state index is 5.83. The quantitative estimate of drug-likeness (QED) is 0.820. The van der Waals surface area contributed by atoms with Crippen LogP contribution >= 0.6 is 11.6 Å². The summed E-state index contributed by atoms with van der Waals surface area (Å²) in [5.41, 5.74) is 1.62. The Hall–Kier alpha value is -1.36. The van der Waals surface area contributed by atoms with Crippen molar-refractivity contribution in [3.63, 3.8) is 0 Å². The average Bonchev–Trinajstić information content (AvgIpc) is 3.02. The van der Waals surface area contributed by atoms with Crippen LogP contribution in [0.4, 0.5) is 5.82 Å². The number of aromatic amines is 1. The van der Waals surface area contributed by atoms with Gasteiger partial charge >= 0.3 is 0 Å². The van der Waals surface area contributed by atoms with E-state index in [4.69, 9.17) is 11.6 Å². The summed E-state index contributed by atoms with van der Waals surface area (Å²) in [4.78, 5) is 17.9. The number of fused-ring (bicyclic) bond motifs is 1. The largest absolute Gasteiger partial charge is 0.351 e. The van der Waals surface area contributed by atoms with Crippen LogP contribution in [-0.2, 0) is 0 Å². The van der Waals surface area contributed by atoms with Gasteiger partial charge in [0.2, 0.25) is 0 Å². The van der Waals surface area contributed by atoms with Crippen LogP contribution in [0.3, 0.4) is 0 Å². The predicted octanol–water partition coefficient (Wildman–Crippen LogP) is 1.56. The topological polar surface area (TPSA) is 57.7 Å². The summed E-state index contributed by atoms with van der Waals surface area (Å²) >= 11 is 5.83. The second kappa shape index (κ2) is 3.90. The summed E-state index contributed by atoms with van der Waals surface area (Å²) in [7, 11) is 0. The van der Waals surface area contributed by atoms with E-state index in [0.29, 0.717) is 17.6 Å². The summed E-state index contributed by atoms with van der Waals surface area (Å²) in [5.74, 6) is 1.53. The van der Waals surface area contributed by atoms with Crippen molar-refractivity contribution in [2.24, 2.45) is 0 Å². The van der Waals surface area contributed by atoms with Crippen LogP contribution in [0.25, 0.3) is 11.2 Å². The molecule has 1 saturated carbocycles. The molecule has 1 fully saturated rings. The van der Waals surface area contributed by atoms with Gasteiger partial charge in [-0.15, -0.1) is 11.6 Å². The third-order valence-electron chi connectivity index (χ3n) is 2.79. The third-order valence-corrected chi connectivity index (χ3v) is 2.96. The Morgan fingerprint density at radius 1 is 1.38 bits per heavy atom. The van der Waals surface area contributed by atoms with Crippen LogP contribution in [0.5, 0.6) is 0 Å². The average molecular weight is 238 g/mol. The van der Waals surface area contributed by atoms with Gasteiger partial charge in [0, 0.05) is 18.5 Å². The molecule has 2 aromatic rings. The third kappa shape index (κ3) is 1.61. The maximum absolute atomic E-state index is 5.83. The molecule has 84 valence electrons. The Balaban J connectivity index is 2.04. The smallest absolute Gasteiger partial charge is 0.182 e. The van der Waals surface area contributed by atoms with E-state index in [-0.39, 0.29) is 0 Å². The van der Waals surface area contributed by atoms with Gasteiger partial charge in [0.25, 0.3) is 0 Å². The number of nitrogens with one attached hydrogen (secondary N) is 1. The van der Waals surface area contributed by atoms with E-state index in [0.717, 1.165) is 17.9 Å². The van der Waals surface area contributed by atoms with Crippen LogP contribution in [0.2, 0.25) is 0 Å². The number of H-pyrrole nitrogens is 1. The Morgan fingerprint density at radius 3 is 3.00 bits per heavy atom. The van der Waals surface area contributed by atoms with Gasteiger partial charge in [0.15, 0.2) is 11.5 Å². The van der Waals surface area contributed by atoms with Crippen molar-refractivity contribution in [1.29, 1.82) is 0 Å². The second-order valence-electron chi connectivity index (χ2n) is 3.91. The molecule has 2 aromatic heterocycles. The lowest BCUT2D eigenvalue weighted by molar-refractivity contribution is 0.813. The van der Waals surface area contributed by atoms with E-state index in [2.05, 4.69) is 24.8 Å². The molecule has 0 spiro atoms. The molecular weight excluding hydrogens is 226 g/mol. The fourth-order valence-corrected chi connectivity index (χ4v) is 2.09. The maximum Gasteiger partial charge on any atom is 0.182 e. The molecule has 0 radical (unpaired) electrons. The molecule has 2 heterocycles. The number of aromatic nitrogens is 4. The van der Waals surface area contributed by atoms with Crippen LogP contribution < -0.4 is 4.90 Å². The van der Waals surface area contributed by atoms with Crippen LogP contribution in [0.15, 0.2) is 12.7 Å². The van der Waals surface area contributed by atoms with Crippen molar-refractivity contribution in [3.05, 3.63) is 12.7 Å². The van der Waals surface area contributed by atoms with Crippen LogP contribution in [-0.4, -0.2) is 38.4 Å². The van der Waals surface area contributed by atoms with E-state index in [1.54, 1.807) is 12.7 Å². The van der Waals surface area contributed by atoms with Gasteiger partial charge in [-0.25, -0.2) is 15.0 Å². The Labute approximate surface area is 97.9 Å². The molecule has 1 aliphatic carbocycles. The van der Waals surface area contributed by atoms with Crippen molar-refractivity contribution in [2.45, 2.75) is 18.9 Å². The van der Waals surface area contributed by atoms with Crippen molar-refractivity contribution < 1.29 is 0 Å². The number of nitrogens with zero attached hydrogens (tertiary/aromatic N) is 4. The zero-order chi connectivity index (χ0) is 11.0. The molecule has 1 N–H and O–H groups in total. The Kier molecular flexibility index (Phi) is 2.40. The molecule has 0 amide bonds. The van der Waals surface area contributed by atoms with Gasteiger partial charge < -0.3 is 9.88 Å². The highest BCUT2D eigenvalue weighted by molar-refractivity contribution is 6.18. The minimum absolute atomic E-state index is 0.583. The minimum atomic E-state index is 0.583. The molecule has 0 aliphatic heterocycles. The number of rotatable bonds is 4. The summed E-state index contributed by atoms with van der Waals surface area (Å²) < 4.78 is 0. The summed E-state index contributed by atoms with van der Waals surface area (Å²) in [6, 6.07) is 0.583. The number of halogens is 1. The van der Waals surface area contributed by atoms with Gasteiger partial charge in [-0.2, -0.15) is 0 Å². The number of imidazole rings is 1. The molecule has 1 aliphatic rings. The van der Waals surface area contributed by atoms with Gasteiger partial charge in [0.05, 0.1) is 6.33 Å². The monoisotopic (exact) mass is 237 g/mol. The van der Waals surface area contributed by atoms with Crippen molar-refractivity contribution >= 4 is 28.6 Å². The van der Waals surface area contributed by atoms with Crippen molar-refractivity contribution in [1.82, 2.24) is 19.9 Å². The van der Waals surface area contributed by atoms with E-state index in [1.165, 1.54) is 12.8 Å². The number of hydrogen-bond acceptors (Lipinski definition) is 4. The predicted molar refractivity (Wildman–Crippen MR) is 62.8 cm³/mol. The van der Waals surface area contributed by atoms with E-state index < -0.39 is 0 Å².